The predicted octanol–water partition coefficient (Wildman–Crippen LogP) is 4.94. The van der Waals surface area contributed by atoms with Crippen molar-refractivity contribution in [1.29, 1.82) is 0 Å². The standard InChI is InChI=1S/C30H35N5O/c36-29(23-10-4-5-11-23)24-14-15-28(31-21-24)34-16-18-35(19-17-34)30-26-13-7-6-12-25(26)27(32-33-30)20-22-8-2-1-3-9-22/h1-3,6-9,12,14-15,21,23,26,29,36H,4-5,10-11,13,16-20H2. The molecule has 4 aliphatic rings. The van der Waals surface area contributed by atoms with E-state index < -0.39 is 0 Å². The number of piperazine rings is 1. The Bertz CT molecular complexity index is 1170. The Balaban J connectivity index is 1.12. The summed E-state index contributed by atoms with van der Waals surface area (Å²) in [5.41, 5.74) is 4.62. The van der Waals surface area contributed by atoms with Gasteiger partial charge >= 0.3 is 0 Å². The molecular formula is C30H35N5O. The SMILES string of the molecule is OC(c1ccc(N2CCN(C3=NN=C(Cc4ccccc4)C4=CC=CCC43)CC2)nc1)C1CCCC1. The second-order valence-electron chi connectivity index (χ2n) is 10.4. The molecule has 6 rings (SSSR count). The molecule has 2 aliphatic heterocycles. The van der Waals surface area contributed by atoms with E-state index in [1.807, 2.05) is 6.20 Å². The summed E-state index contributed by atoms with van der Waals surface area (Å²) in [6.45, 7) is 3.62. The van der Waals surface area contributed by atoms with Crippen molar-refractivity contribution in [1.82, 2.24) is 9.88 Å². The number of rotatable bonds is 5. The van der Waals surface area contributed by atoms with Crippen molar-refractivity contribution in [3.63, 3.8) is 0 Å². The van der Waals surface area contributed by atoms with Gasteiger partial charge in [-0.3, -0.25) is 0 Å². The molecule has 0 bridgehead atoms. The molecule has 1 N–H and O–H groups in total. The number of aliphatic hydroxyl groups excluding tert-OH is 1. The molecule has 3 heterocycles. The number of benzene rings is 1. The van der Waals surface area contributed by atoms with E-state index >= 15 is 0 Å². The third kappa shape index (κ3) is 4.74. The Kier molecular flexibility index (Phi) is 6.69. The normalized spacial score (nSPS) is 23.1. The van der Waals surface area contributed by atoms with Crippen molar-refractivity contribution < 1.29 is 5.11 Å². The van der Waals surface area contributed by atoms with Crippen LogP contribution >= 0.6 is 0 Å². The number of allylic oxidation sites excluding steroid dienone is 3. The number of aromatic nitrogens is 1. The average Bonchev–Trinajstić information content (AvgIpc) is 3.49. The van der Waals surface area contributed by atoms with Gasteiger partial charge in [-0.15, -0.1) is 5.10 Å². The Hall–Kier alpha value is -3.25. The van der Waals surface area contributed by atoms with Gasteiger partial charge in [-0.05, 0) is 47.9 Å². The fourth-order valence-corrected chi connectivity index (χ4v) is 6.09. The largest absolute Gasteiger partial charge is 0.388 e. The monoisotopic (exact) mass is 481 g/mol. The molecular weight excluding hydrogens is 446 g/mol. The Morgan fingerprint density at radius 2 is 1.69 bits per heavy atom. The van der Waals surface area contributed by atoms with Crippen molar-refractivity contribution in [2.24, 2.45) is 22.0 Å². The van der Waals surface area contributed by atoms with Crippen molar-refractivity contribution in [2.75, 3.05) is 31.1 Å². The van der Waals surface area contributed by atoms with E-state index in [1.165, 1.54) is 24.0 Å². The van der Waals surface area contributed by atoms with E-state index in [9.17, 15) is 5.11 Å². The first kappa shape index (κ1) is 23.2. The minimum Gasteiger partial charge on any atom is -0.388 e. The number of nitrogens with zero attached hydrogens (tertiary/aromatic N) is 5. The maximum absolute atomic E-state index is 10.7. The number of amidine groups is 1. The average molecular weight is 482 g/mol. The molecule has 0 amide bonds. The third-order valence-corrected chi connectivity index (χ3v) is 8.18. The first-order valence-corrected chi connectivity index (χ1v) is 13.5. The molecule has 2 aliphatic carbocycles. The number of hydrogen-bond donors (Lipinski definition) is 1. The lowest BCUT2D eigenvalue weighted by atomic mass is 9.84. The van der Waals surface area contributed by atoms with Crippen molar-refractivity contribution in [2.45, 2.75) is 44.6 Å². The van der Waals surface area contributed by atoms with Crippen molar-refractivity contribution in [3.05, 3.63) is 83.6 Å². The van der Waals surface area contributed by atoms with Crippen molar-refractivity contribution in [3.8, 4) is 0 Å². The lowest BCUT2D eigenvalue weighted by Gasteiger charge is -2.40. The van der Waals surface area contributed by atoms with Gasteiger partial charge in [0.2, 0.25) is 0 Å². The van der Waals surface area contributed by atoms with Gasteiger partial charge in [0.05, 0.1) is 11.8 Å². The highest BCUT2D eigenvalue weighted by Crippen LogP contribution is 2.36. The van der Waals surface area contributed by atoms with E-state index in [-0.39, 0.29) is 12.0 Å². The second kappa shape index (κ2) is 10.4. The van der Waals surface area contributed by atoms with E-state index in [0.717, 1.165) is 74.8 Å². The molecule has 0 spiro atoms. The third-order valence-electron chi connectivity index (χ3n) is 8.18. The Labute approximate surface area is 213 Å². The summed E-state index contributed by atoms with van der Waals surface area (Å²) >= 11 is 0. The maximum atomic E-state index is 10.7. The number of pyridine rings is 1. The molecule has 2 unspecified atom stereocenters. The fourth-order valence-electron chi connectivity index (χ4n) is 6.09. The van der Waals surface area contributed by atoms with Crippen molar-refractivity contribution >= 4 is 17.4 Å². The molecule has 36 heavy (non-hydrogen) atoms. The molecule has 2 aromatic rings. The fraction of sp³-hybridized carbons (Fsp3) is 0.433. The maximum Gasteiger partial charge on any atom is 0.135 e. The summed E-state index contributed by atoms with van der Waals surface area (Å²) in [6, 6.07) is 14.7. The van der Waals surface area contributed by atoms with Gasteiger partial charge in [0, 0.05) is 44.7 Å². The lowest BCUT2D eigenvalue weighted by molar-refractivity contribution is 0.111. The summed E-state index contributed by atoms with van der Waals surface area (Å²) in [5, 5.41) is 20.2. The zero-order chi connectivity index (χ0) is 24.3. The van der Waals surface area contributed by atoms with Gasteiger partial charge in [-0.1, -0.05) is 67.5 Å². The van der Waals surface area contributed by atoms with Crippen LogP contribution in [0.3, 0.4) is 0 Å². The molecule has 6 heteroatoms. The summed E-state index contributed by atoms with van der Waals surface area (Å²) in [4.78, 5) is 9.48. The quantitative estimate of drug-likeness (QED) is 0.657. The smallest absolute Gasteiger partial charge is 0.135 e. The topological polar surface area (TPSA) is 64.3 Å². The number of anilines is 1. The highest BCUT2D eigenvalue weighted by molar-refractivity contribution is 6.09. The van der Waals surface area contributed by atoms with E-state index in [2.05, 4.69) is 70.5 Å². The van der Waals surface area contributed by atoms with Crippen LogP contribution < -0.4 is 4.90 Å². The first-order valence-electron chi connectivity index (χ1n) is 13.5. The van der Waals surface area contributed by atoms with Gasteiger partial charge in [-0.25, -0.2) is 4.98 Å². The molecule has 2 fully saturated rings. The molecule has 1 saturated carbocycles. The van der Waals surface area contributed by atoms with Gasteiger partial charge in [0.15, 0.2) is 0 Å². The van der Waals surface area contributed by atoms with Gasteiger partial charge in [0.25, 0.3) is 0 Å². The Morgan fingerprint density at radius 3 is 2.44 bits per heavy atom. The first-order chi connectivity index (χ1) is 17.8. The van der Waals surface area contributed by atoms with Crippen LogP contribution in [0.4, 0.5) is 5.82 Å². The highest BCUT2D eigenvalue weighted by Gasteiger charge is 2.33. The summed E-state index contributed by atoms with van der Waals surface area (Å²) in [6.07, 6.45) is 14.6. The second-order valence-corrected chi connectivity index (χ2v) is 10.4. The lowest BCUT2D eigenvalue weighted by Crippen LogP contribution is -2.51. The van der Waals surface area contributed by atoms with Crippen LogP contribution in [0.1, 0.15) is 49.3 Å². The van der Waals surface area contributed by atoms with Gasteiger partial charge in [0.1, 0.15) is 11.7 Å². The zero-order valence-electron chi connectivity index (χ0n) is 20.8. The molecule has 186 valence electrons. The summed E-state index contributed by atoms with van der Waals surface area (Å²) in [5.74, 6) is 2.77. The minimum atomic E-state index is -0.380. The molecule has 1 saturated heterocycles. The summed E-state index contributed by atoms with van der Waals surface area (Å²) in [7, 11) is 0. The Morgan fingerprint density at radius 1 is 0.917 bits per heavy atom. The van der Waals surface area contributed by atoms with Crippen LogP contribution in [0.2, 0.25) is 0 Å². The van der Waals surface area contributed by atoms with Crippen LogP contribution in [-0.4, -0.2) is 52.7 Å². The van der Waals surface area contributed by atoms with E-state index in [1.54, 1.807) is 0 Å². The van der Waals surface area contributed by atoms with Crippen LogP contribution in [0.5, 0.6) is 0 Å². The van der Waals surface area contributed by atoms with Crippen LogP contribution in [0, 0.1) is 11.8 Å². The number of aliphatic hydroxyl groups is 1. The van der Waals surface area contributed by atoms with E-state index in [4.69, 9.17) is 15.2 Å². The van der Waals surface area contributed by atoms with Crippen LogP contribution in [0.25, 0.3) is 0 Å². The molecule has 0 radical (unpaired) electrons. The molecule has 1 aromatic carbocycles. The molecule has 1 aromatic heterocycles. The predicted molar refractivity (Wildman–Crippen MR) is 145 cm³/mol. The van der Waals surface area contributed by atoms with Crippen LogP contribution in [0.15, 0.2) is 82.7 Å². The summed E-state index contributed by atoms with van der Waals surface area (Å²) < 4.78 is 0. The molecule has 2 atom stereocenters. The number of hydrogen-bond acceptors (Lipinski definition) is 6. The van der Waals surface area contributed by atoms with Gasteiger partial charge < -0.3 is 14.9 Å². The van der Waals surface area contributed by atoms with Gasteiger partial charge in [-0.2, -0.15) is 5.10 Å². The van der Waals surface area contributed by atoms with E-state index in [0.29, 0.717) is 5.92 Å². The van der Waals surface area contributed by atoms with Crippen LogP contribution in [-0.2, 0) is 6.42 Å². The molecule has 6 nitrogen and oxygen atoms in total. The zero-order valence-corrected chi connectivity index (χ0v) is 20.8. The number of fused-ring (bicyclic) bond motifs is 1. The minimum absolute atomic E-state index is 0.284. The highest BCUT2D eigenvalue weighted by atomic mass is 16.3.